The molecule has 3 nitrogen and oxygen atoms in total. The molecule has 3 rings (SSSR count). The van der Waals surface area contributed by atoms with Crippen LogP contribution in [0.3, 0.4) is 0 Å². The lowest BCUT2D eigenvalue weighted by atomic mass is 9.96. The normalized spacial score (nSPS) is 17.5. The van der Waals surface area contributed by atoms with Gasteiger partial charge in [0.15, 0.2) is 5.78 Å². The van der Waals surface area contributed by atoms with Gasteiger partial charge in [-0.05, 0) is 17.7 Å². The van der Waals surface area contributed by atoms with Crippen LogP contribution in [0.1, 0.15) is 28.4 Å². The Kier molecular flexibility index (Phi) is 2.95. The van der Waals surface area contributed by atoms with Gasteiger partial charge in [0.1, 0.15) is 23.2 Å². The van der Waals surface area contributed by atoms with E-state index in [-0.39, 0.29) is 11.9 Å². The van der Waals surface area contributed by atoms with E-state index in [9.17, 15) is 4.79 Å². The summed E-state index contributed by atoms with van der Waals surface area (Å²) in [6.45, 7) is 0. The molecule has 0 unspecified atom stereocenters. The summed E-state index contributed by atoms with van der Waals surface area (Å²) >= 11 is 0. The van der Waals surface area contributed by atoms with Crippen molar-refractivity contribution in [3.63, 3.8) is 0 Å². The maximum absolute atomic E-state index is 12.3. The molecule has 0 saturated heterocycles. The number of hydrogen-bond acceptors (Lipinski definition) is 3. The Morgan fingerprint density at radius 3 is 2.63 bits per heavy atom. The number of Topliss-reactive ketones (excluding diaryl/α,β-unsaturated/α-hetero) is 1. The van der Waals surface area contributed by atoms with Crippen LogP contribution in [0.15, 0.2) is 48.5 Å². The fourth-order valence-corrected chi connectivity index (χ4v) is 2.37. The van der Waals surface area contributed by atoms with Crippen molar-refractivity contribution in [1.82, 2.24) is 0 Å². The van der Waals surface area contributed by atoms with Gasteiger partial charge in [-0.1, -0.05) is 36.4 Å². The smallest absolute Gasteiger partial charge is 0.174 e. The van der Waals surface area contributed by atoms with E-state index in [1.807, 2.05) is 42.5 Å². The van der Waals surface area contributed by atoms with Crippen molar-refractivity contribution in [2.45, 2.75) is 12.5 Å². The van der Waals surface area contributed by atoms with Gasteiger partial charge in [-0.25, -0.2) is 0 Å². The monoisotopic (exact) mass is 254 g/mol. The van der Waals surface area contributed by atoms with E-state index in [0.29, 0.717) is 23.5 Å². The van der Waals surface area contributed by atoms with Crippen molar-refractivity contribution >= 4 is 5.78 Å². The Labute approximate surface area is 111 Å². The lowest BCUT2D eigenvalue weighted by Gasteiger charge is -2.26. The standard InChI is InChI=1S/C16H14O3/c1-18-13-8-5-9-14-16(13)12(17)10-15(19-14)11-6-3-2-4-7-11/h2-9,15H,10H2,1H3/t15-/m1/s1. The molecule has 0 N–H and O–H groups in total. The molecular formula is C16H14O3. The van der Waals surface area contributed by atoms with E-state index >= 15 is 0 Å². The summed E-state index contributed by atoms with van der Waals surface area (Å²) in [4.78, 5) is 12.3. The first-order chi connectivity index (χ1) is 9.29. The van der Waals surface area contributed by atoms with E-state index < -0.39 is 0 Å². The minimum atomic E-state index is -0.215. The Hall–Kier alpha value is -2.29. The first-order valence-electron chi connectivity index (χ1n) is 6.21. The second-order valence-corrected chi connectivity index (χ2v) is 4.48. The molecule has 0 radical (unpaired) electrons. The van der Waals surface area contributed by atoms with E-state index in [1.165, 1.54) is 0 Å². The third-order valence-electron chi connectivity index (χ3n) is 3.30. The minimum Gasteiger partial charge on any atom is -0.496 e. The maximum atomic E-state index is 12.3. The molecule has 96 valence electrons. The zero-order valence-corrected chi connectivity index (χ0v) is 10.6. The van der Waals surface area contributed by atoms with Crippen LogP contribution in [-0.4, -0.2) is 12.9 Å². The van der Waals surface area contributed by atoms with Crippen LogP contribution in [0, 0.1) is 0 Å². The lowest BCUT2D eigenvalue weighted by molar-refractivity contribution is 0.0845. The number of carbonyl (C=O) groups is 1. The predicted octanol–water partition coefficient (Wildman–Crippen LogP) is 3.40. The highest BCUT2D eigenvalue weighted by atomic mass is 16.5. The van der Waals surface area contributed by atoms with Gasteiger partial charge in [0.2, 0.25) is 0 Å². The van der Waals surface area contributed by atoms with Gasteiger partial charge in [0.25, 0.3) is 0 Å². The molecule has 1 aliphatic rings. The summed E-state index contributed by atoms with van der Waals surface area (Å²) in [5.41, 5.74) is 1.57. The van der Waals surface area contributed by atoms with Crippen LogP contribution >= 0.6 is 0 Å². The molecule has 1 aliphatic heterocycles. The van der Waals surface area contributed by atoms with Crippen molar-refractivity contribution in [2.24, 2.45) is 0 Å². The molecule has 1 atom stereocenters. The summed E-state index contributed by atoms with van der Waals surface area (Å²) in [6, 6.07) is 15.2. The molecule has 0 aliphatic carbocycles. The summed E-state index contributed by atoms with van der Waals surface area (Å²) in [5, 5.41) is 0. The van der Waals surface area contributed by atoms with Gasteiger partial charge >= 0.3 is 0 Å². The second-order valence-electron chi connectivity index (χ2n) is 4.48. The summed E-state index contributed by atoms with van der Waals surface area (Å²) in [5.74, 6) is 1.24. The number of fused-ring (bicyclic) bond motifs is 1. The van der Waals surface area contributed by atoms with Crippen molar-refractivity contribution in [3.05, 3.63) is 59.7 Å². The van der Waals surface area contributed by atoms with E-state index in [2.05, 4.69) is 0 Å². The van der Waals surface area contributed by atoms with Gasteiger partial charge in [-0.3, -0.25) is 4.79 Å². The largest absolute Gasteiger partial charge is 0.496 e. The van der Waals surface area contributed by atoms with Crippen molar-refractivity contribution in [2.75, 3.05) is 7.11 Å². The van der Waals surface area contributed by atoms with Gasteiger partial charge in [0, 0.05) is 0 Å². The Balaban J connectivity index is 1.99. The Morgan fingerprint density at radius 2 is 1.89 bits per heavy atom. The number of rotatable bonds is 2. The number of ether oxygens (including phenoxy) is 2. The quantitative estimate of drug-likeness (QED) is 0.824. The number of methoxy groups -OCH3 is 1. The topological polar surface area (TPSA) is 35.5 Å². The molecule has 2 aromatic rings. The highest BCUT2D eigenvalue weighted by Crippen LogP contribution is 2.39. The number of benzene rings is 2. The average molecular weight is 254 g/mol. The van der Waals surface area contributed by atoms with E-state index in [0.717, 1.165) is 5.56 Å². The Morgan fingerprint density at radius 1 is 1.11 bits per heavy atom. The molecule has 0 saturated carbocycles. The molecule has 2 aromatic carbocycles. The Bertz CT molecular complexity index is 605. The number of hydrogen-bond donors (Lipinski definition) is 0. The highest BCUT2D eigenvalue weighted by Gasteiger charge is 2.29. The molecule has 1 heterocycles. The molecule has 0 bridgehead atoms. The fourth-order valence-electron chi connectivity index (χ4n) is 2.37. The van der Waals surface area contributed by atoms with Crippen molar-refractivity contribution in [1.29, 1.82) is 0 Å². The molecule has 0 spiro atoms. The molecule has 0 aromatic heterocycles. The molecular weight excluding hydrogens is 240 g/mol. The lowest BCUT2D eigenvalue weighted by Crippen LogP contribution is -2.20. The van der Waals surface area contributed by atoms with Crippen molar-refractivity contribution in [3.8, 4) is 11.5 Å². The summed E-state index contributed by atoms with van der Waals surface area (Å²) in [6.07, 6.45) is 0.130. The SMILES string of the molecule is COc1cccc2c1C(=O)C[C@H](c1ccccc1)O2. The molecule has 0 amide bonds. The number of carbonyl (C=O) groups excluding carboxylic acids is 1. The van der Waals surface area contributed by atoms with Crippen LogP contribution < -0.4 is 9.47 Å². The molecule has 19 heavy (non-hydrogen) atoms. The third kappa shape index (κ3) is 2.08. The van der Waals surface area contributed by atoms with Gasteiger partial charge < -0.3 is 9.47 Å². The van der Waals surface area contributed by atoms with Crippen LogP contribution in [-0.2, 0) is 0 Å². The van der Waals surface area contributed by atoms with Crippen LogP contribution in [0.5, 0.6) is 11.5 Å². The second kappa shape index (κ2) is 4.76. The molecule has 0 fully saturated rings. The highest BCUT2D eigenvalue weighted by molar-refractivity contribution is 6.02. The fraction of sp³-hybridized carbons (Fsp3) is 0.188. The van der Waals surface area contributed by atoms with Crippen LogP contribution in [0.4, 0.5) is 0 Å². The predicted molar refractivity (Wildman–Crippen MR) is 71.8 cm³/mol. The van der Waals surface area contributed by atoms with Gasteiger partial charge in [-0.2, -0.15) is 0 Å². The zero-order chi connectivity index (χ0) is 13.2. The van der Waals surface area contributed by atoms with E-state index in [4.69, 9.17) is 9.47 Å². The van der Waals surface area contributed by atoms with Crippen LogP contribution in [0.2, 0.25) is 0 Å². The summed E-state index contributed by atoms with van der Waals surface area (Å²) < 4.78 is 11.2. The zero-order valence-electron chi connectivity index (χ0n) is 10.6. The van der Waals surface area contributed by atoms with E-state index in [1.54, 1.807) is 13.2 Å². The number of ketones is 1. The minimum absolute atomic E-state index is 0.0625. The average Bonchev–Trinajstić information content (AvgIpc) is 2.47. The van der Waals surface area contributed by atoms with Gasteiger partial charge in [0.05, 0.1) is 13.5 Å². The third-order valence-corrected chi connectivity index (χ3v) is 3.30. The molecule has 3 heteroatoms. The first-order valence-corrected chi connectivity index (χ1v) is 6.21. The summed E-state index contributed by atoms with van der Waals surface area (Å²) in [7, 11) is 1.56. The van der Waals surface area contributed by atoms with Crippen LogP contribution in [0.25, 0.3) is 0 Å². The maximum Gasteiger partial charge on any atom is 0.174 e. The first kappa shape index (κ1) is 11.8. The van der Waals surface area contributed by atoms with Gasteiger partial charge in [-0.15, -0.1) is 0 Å². The van der Waals surface area contributed by atoms with Crippen molar-refractivity contribution < 1.29 is 14.3 Å².